The molecule has 152 valence electrons. The van der Waals surface area contributed by atoms with Gasteiger partial charge in [0.05, 0.1) is 7.11 Å². The Labute approximate surface area is 185 Å². The lowest BCUT2D eigenvalue weighted by atomic mass is 10.1. The molecule has 2 aromatic rings. The third-order valence-electron chi connectivity index (χ3n) is 5.04. The van der Waals surface area contributed by atoms with Crippen molar-refractivity contribution in [2.75, 3.05) is 45.2 Å². The largest absolute Gasteiger partial charge is 0.497 e. The molecule has 1 fully saturated rings. The molecule has 0 aliphatic carbocycles. The quantitative estimate of drug-likeness (QED) is 0.351. The minimum Gasteiger partial charge on any atom is -0.497 e. The molecule has 28 heavy (non-hydrogen) atoms. The lowest BCUT2D eigenvalue weighted by Gasteiger charge is -2.20. The molecule has 1 unspecified atom stereocenters. The van der Waals surface area contributed by atoms with Crippen LogP contribution in [0.2, 0.25) is 0 Å². The van der Waals surface area contributed by atoms with Crippen LogP contribution in [0.4, 0.5) is 5.69 Å². The number of hydrogen-bond donors (Lipinski definition) is 2. The molecule has 1 saturated heterocycles. The minimum atomic E-state index is 0. The number of anilines is 1. The standard InChI is InChI=1S/C22H30N4O.HI/c1-23-22(24-13-11-18-7-4-3-5-8-18)25-16-19-12-14-26(17-19)20-9-6-10-21(15-20)27-2;/h3-10,15,19H,11-14,16-17H2,1-2H3,(H2,23,24,25);1H. The summed E-state index contributed by atoms with van der Waals surface area (Å²) in [6.45, 7) is 3.95. The zero-order valence-electron chi connectivity index (χ0n) is 16.7. The second kappa shape index (κ2) is 11.8. The van der Waals surface area contributed by atoms with Crippen molar-refractivity contribution in [3.8, 4) is 5.75 Å². The van der Waals surface area contributed by atoms with Gasteiger partial charge in [-0.15, -0.1) is 24.0 Å². The molecular weight excluding hydrogens is 463 g/mol. The molecule has 2 N–H and O–H groups in total. The molecule has 0 radical (unpaired) electrons. The molecule has 1 heterocycles. The number of methoxy groups -OCH3 is 1. The van der Waals surface area contributed by atoms with E-state index in [0.29, 0.717) is 5.92 Å². The van der Waals surface area contributed by atoms with Crippen molar-refractivity contribution in [1.82, 2.24) is 10.6 Å². The number of guanidine groups is 1. The number of nitrogens with one attached hydrogen (secondary N) is 2. The first kappa shape index (κ1) is 22.3. The molecule has 0 saturated carbocycles. The predicted octanol–water partition coefficient (Wildman–Crippen LogP) is 3.55. The highest BCUT2D eigenvalue weighted by Crippen LogP contribution is 2.26. The van der Waals surface area contributed by atoms with Gasteiger partial charge < -0.3 is 20.3 Å². The van der Waals surface area contributed by atoms with Crippen LogP contribution in [-0.4, -0.2) is 46.3 Å². The number of benzene rings is 2. The van der Waals surface area contributed by atoms with E-state index in [2.05, 4.69) is 63.0 Å². The highest BCUT2D eigenvalue weighted by atomic mass is 127. The van der Waals surface area contributed by atoms with Crippen molar-refractivity contribution in [3.05, 3.63) is 60.2 Å². The van der Waals surface area contributed by atoms with Gasteiger partial charge in [-0.2, -0.15) is 0 Å². The van der Waals surface area contributed by atoms with Crippen molar-refractivity contribution < 1.29 is 4.74 Å². The van der Waals surface area contributed by atoms with Gasteiger partial charge in [0.1, 0.15) is 5.75 Å². The van der Waals surface area contributed by atoms with Gasteiger partial charge in [-0.3, -0.25) is 4.99 Å². The first-order chi connectivity index (χ1) is 13.3. The fourth-order valence-corrected chi connectivity index (χ4v) is 3.47. The smallest absolute Gasteiger partial charge is 0.190 e. The second-order valence-corrected chi connectivity index (χ2v) is 6.92. The van der Waals surface area contributed by atoms with E-state index in [1.165, 1.54) is 17.7 Å². The Hall–Kier alpha value is -1.96. The topological polar surface area (TPSA) is 48.9 Å². The molecule has 1 atom stereocenters. The van der Waals surface area contributed by atoms with Gasteiger partial charge >= 0.3 is 0 Å². The maximum absolute atomic E-state index is 5.34. The summed E-state index contributed by atoms with van der Waals surface area (Å²) in [7, 11) is 3.54. The third kappa shape index (κ3) is 6.58. The van der Waals surface area contributed by atoms with E-state index in [0.717, 1.165) is 44.3 Å². The summed E-state index contributed by atoms with van der Waals surface area (Å²) in [6.07, 6.45) is 2.18. The van der Waals surface area contributed by atoms with Crippen LogP contribution in [0, 0.1) is 5.92 Å². The zero-order valence-corrected chi connectivity index (χ0v) is 19.1. The Morgan fingerprint density at radius 1 is 1.14 bits per heavy atom. The maximum Gasteiger partial charge on any atom is 0.190 e. The van der Waals surface area contributed by atoms with Crippen molar-refractivity contribution in [2.45, 2.75) is 12.8 Å². The summed E-state index contributed by atoms with van der Waals surface area (Å²) in [4.78, 5) is 6.78. The summed E-state index contributed by atoms with van der Waals surface area (Å²) >= 11 is 0. The summed E-state index contributed by atoms with van der Waals surface area (Å²) < 4.78 is 5.34. The normalized spacial score (nSPS) is 16.4. The lowest BCUT2D eigenvalue weighted by Crippen LogP contribution is -2.41. The summed E-state index contributed by atoms with van der Waals surface area (Å²) in [6, 6.07) is 18.8. The molecule has 0 aromatic heterocycles. The van der Waals surface area contributed by atoms with Crippen molar-refractivity contribution in [3.63, 3.8) is 0 Å². The zero-order chi connectivity index (χ0) is 18.9. The number of ether oxygens (including phenoxy) is 1. The van der Waals surface area contributed by atoms with Crippen molar-refractivity contribution in [1.29, 1.82) is 0 Å². The van der Waals surface area contributed by atoms with Crippen LogP contribution in [0.25, 0.3) is 0 Å². The van der Waals surface area contributed by atoms with Crippen molar-refractivity contribution >= 4 is 35.6 Å². The van der Waals surface area contributed by atoms with Gasteiger partial charge in [-0.25, -0.2) is 0 Å². The fraction of sp³-hybridized carbons (Fsp3) is 0.409. The monoisotopic (exact) mass is 494 g/mol. The molecule has 1 aliphatic rings. The average molecular weight is 494 g/mol. The minimum absolute atomic E-state index is 0. The molecule has 3 rings (SSSR count). The van der Waals surface area contributed by atoms with E-state index in [1.54, 1.807) is 7.11 Å². The Kier molecular flexibility index (Phi) is 9.40. The molecular formula is C22H31IN4O. The Morgan fingerprint density at radius 3 is 2.71 bits per heavy atom. The Bertz CT molecular complexity index is 738. The number of nitrogens with zero attached hydrogens (tertiary/aromatic N) is 2. The lowest BCUT2D eigenvalue weighted by molar-refractivity contribution is 0.415. The molecule has 0 spiro atoms. The first-order valence-electron chi connectivity index (χ1n) is 9.66. The average Bonchev–Trinajstić information content (AvgIpc) is 3.20. The van der Waals surface area contributed by atoms with E-state index in [-0.39, 0.29) is 24.0 Å². The second-order valence-electron chi connectivity index (χ2n) is 6.92. The SMILES string of the molecule is CN=C(NCCc1ccccc1)NCC1CCN(c2cccc(OC)c2)C1.I. The molecule has 5 nitrogen and oxygen atoms in total. The summed E-state index contributed by atoms with van der Waals surface area (Å²) in [5.74, 6) is 2.41. The highest BCUT2D eigenvalue weighted by molar-refractivity contribution is 14.0. The van der Waals surface area contributed by atoms with Crippen LogP contribution in [-0.2, 0) is 6.42 Å². The van der Waals surface area contributed by atoms with Gasteiger partial charge in [0.25, 0.3) is 0 Å². The van der Waals surface area contributed by atoms with E-state index in [1.807, 2.05) is 19.2 Å². The van der Waals surface area contributed by atoms with E-state index in [9.17, 15) is 0 Å². The number of aliphatic imine (C=N–C) groups is 1. The maximum atomic E-state index is 5.34. The summed E-state index contributed by atoms with van der Waals surface area (Å²) in [5.41, 5.74) is 2.58. The highest BCUT2D eigenvalue weighted by Gasteiger charge is 2.23. The van der Waals surface area contributed by atoms with E-state index in [4.69, 9.17) is 4.74 Å². The predicted molar refractivity (Wildman–Crippen MR) is 128 cm³/mol. The third-order valence-corrected chi connectivity index (χ3v) is 5.04. The van der Waals surface area contributed by atoms with Crippen LogP contribution in [0.15, 0.2) is 59.6 Å². The van der Waals surface area contributed by atoms with Gasteiger partial charge in [-0.05, 0) is 36.5 Å². The first-order valence-corrected chi connectivity index (χ1v) is 9.66. The fourth-order valence-electron chi connectivity index (χ4n) is 3.47. The van der Waals surface area contributed by atoms with Crippen molar-refractivity contribution in [2.24, 2.45) is 10.9 Å². The van der Waals surface area contributed by atoms with Crippen LogP contribution in [0.3, 0.4) is 0 Å². The molecule has 2 aromatic carbocycles. The van der Waals surface area contributed by atoms with Gasteiger partial charge in [0.15, 0.2) is 5.96 Å². The molecule has 0 bridgehead atoms. The van der Waals surface area contributed by atoms with Gasteiger partial charge in [0, 0.05) is 45.0 Å². The van der Waals surface area contributed by atoms with Crippen LogP contribution >= 0.6 is 24.0 Å². The van der Waals surface area contributed by atoms with Gasteiger partial charge in [0.2, 0.25) is 0 Å². The Balaban J connectivity index is 0.00000280. The van der Waals surface area contributed by atoms with Crippen LogP contribution in [0.5, 0.6) is 5.75 Å². The Morgan fingerprint density at radius 2 is 1.96 bits per heavy atom. The van der Waals surface area contributed by atoms with E-state index >= 15 is 0 Å². The number of hydrogen-bond acceptors (Lipinski definition) is 3. The molecule has 0 amide bonds. The van der Waals surface area contributed by atoms with Gasteiger partial charge in [-0.1, -0.05) is 36.4 Å². The molecule has 1 aliphatic heterocycles. The summed E-state index contributed by atoms with van der Waals surface area (Å²) in [5, 5.41) is 6.89. The van der Waals surface area contributed by atoms with Crippen LogP contribution < -0.4 is 20.3 Å². The van der Waals surface area contributed by atoms with Crippen LogP contribution in [0.1, 0.15) is 12.0 Å². The number of rotatable bonds is 7. The van der Waals surface area contributed by atoms with E-state index < -0.39 is 0 Å². The molecule has 6 heteroatoms. The number of halogens is 1.